The molecular formula is C20H19N3O2S. The van der Waals surface area contributed by atoms with E-state index in [9.17, 15) is 4.79 Å². The number of fused-ring (bicyclic) bond motifs is 1. The number of carbonyl (C=O) groups is 1. The molecule has 132 valence electrons. The van der Waals surface area contributed by atoms with Crippen LogP contribution < -0.4 is 10.2 Å². The molecule has 0 atom stereocenters. The average Bonchev–Trinajstić information content (AvgIpc) is 2.66. The van der Waals surface area contributed by atoms with Gasteiger partial charge in [0.15, 0.2) is 0 Å². The highest BCUT2D eigenvalue weighted by atomic mass is 32.2. The molecule has 0 saturated heterocycles. The standard InChI is InChI=1S/C20H19N3O2S/c1-14-11-18(16-9-6-10-17(25-2)20(16)22-14)26-13-19(24)23-21-12-15-7-4-3-5-8-15/h3-12H,13H2,1-2H3,(H,23,24). The van der Waals surface area contributed by atoms with Crippen LogP contribution in [0.1, 0.15) is 11.3 Å². The predicted molar refractivity (Wildman–Crippen MR) is 106 cm³/mol. The summed E-state index contributed by atoms with van der Waals surface area (Å²) in [7, 11) is 1.63. The first-order chi connectivity index (χ1) is 12.7. The third-order valence-electron chi connectivity index (χ3n) is 3.67. The van der Waals surface area contributed by atoms with Crippen LogP contribution in [0.2, 0.25) is 0 Å². The average molecular weight is 365 g/mol. The minimum Gasteiger partial charge on any atom is -0.494 e. The van der Waals surface area contributed by atoms with Gasteiger partial charge in [-0.1, -0.05) is 42.5 Å². The Morgan fingerprint density at radius 3 is 2.81 bits per heavy atom. The molecule has 0 bridgehead atoms. The smallest absolute Gasteiger partial charge is 0.250 e. The van der Waals surface area contributed by atoms with E-state index in [4.69, 9.17) is 4.74 Å². The van der Waals surface area contributed by atoms with Gasteiger partial charge in [0.2, 0.25) is 5.91 Å². The number of carbonyl (C=O) groups excluding carboxylic acids is 1. The minimum atomic E-state index is -0.160. The van der Waals surface area contributed by atoms with Gasteiger partial charge in [-0.2, -0.15) is 5.10 Å². The van der Waals surface area contributed by atoms with Gasteiger partial charge in [-0.15, -0.1) is 11.8 Å². The zero-order valence-corrected chi connectivity index (χ0v) is 15.4. The SMILES string of the molecule is COc1cccc2c(SCC(=O)NN=Cc3ccccc3)cc(C)nc12. The second-order valence-corrected chi connectivity index (χ2v) is 6.63. The number of methoxy groups -OCH3 is 1. The molecule has 0 unspecified atom stereocenters. The number of rotatable bonds is 6. The fourth-order valence-corrected chi connectivity index (χ4v) is 3.42. The molecule has 5 nitrogen and oxygen atoms in total. The number of amides is 1. The van der Waals surface area contributed by atoms with E-state index in [1.165, 1.54) is 11.8 Å². The van der Waals surface area contributed by atoms with E-state index >= 15 is 0 Å². The van der Waals surface area contributed by atoms with Crippen LogP contribution in [0.3, 0.4) is 0 Å². The number of nitrogens with zero attached hydrogens (tertiary/aromatic N) is 2. The van der Waals surface area contributed by atoms with Crippen LogP contribution >= 0.6 is 11.8 Å². The number of hydrazone groups is 1. The second-order valence-electron chi connectivity index (χ2n) is 5.61. The van der Waals surface area contributed by atoms with Crippen LogP contribution in [0.25, 0.3) is 10.9 Å². The fraction of sp³-hybridized carbons (Fsp3) is 0.150. The lowest BCUT2D eigenvalue weighted by Gasteiger charge is -2.10. The van der Waals surface area contributed by atoms with Crippen molar-refractivity contribution in [2.75, 3.05) is 12.9 Å². The zero-order chi connectivity index (χ0) is 18.4. The summed E-state index contributed by atoms with van der Waals surface area (Å²) in [6.07, 6.45) is 1.62. The van der Waals surface area contributed by atoms with Gasteiger partial charge in [-0.3, -0.25) is 4.79 Å². The van der Waals surface area contributed by atoms with E-state index in [2.05, 4.69) is 15.5 Å². The quantitative estimate of drug-likeness (QED) is 0.410. The molecule has 0 radical (unpaired) electrons. The van der Waals surface area contributed by atoms with Crippen molar-refractivity contribution >= 4 is 34.8 Å². The van der Waals surface area contributed by atoms with Crippen molar-refractivity contribution in [1.82, 2.24) is 10.4 Å². The third kappa shape index (κ3) is 4.40. The topological polar surface area (TPSA) is 63.6 Å². The van der Waals surface area contributed by atoms with E-state index in [0.29, 0.717) is 0 Å². The number of nitrogens with one attached hydrogen (secondary N) is 1. The number of pyridine rings is 1. The molecular weight excluding hydrogens is 346 g/mol. The number of hydrogen-bond donors (Lipinski definition) is 1. The number of benzene rings is 2. The lowest BCUT2D eigenvalue weighted by Crippen LogP contribution is -2.19. The number of aromatic nitrogens is 1. The number of para-hydroxylation sites is 1. The summed E-state index contributed by atoms with van der Waals surface area (Å²) in [5.41, 5.74) is 5.18. The maximum Gasteiger partial charge on any atom is 0.250 e. The molecule has 3 aromatic rings. The van der Waals surface area contributed by atoms with Gasteiger partial charge in [-0.05, 0) is 24.6 Å². The van der Waals surface area contributed by atoms with Gasteiger partial charge in [0.05, 0.1) is 19.1 Å². The Hall–Kier alpha value is -2.86. The van der Waals surface area contributed by atoms with Crippen molar-refractivity contribution in [3.05, 3.63) is 65.9 Å². The fourth-order valence-electron chi connectivity index (χ4n) is 2.49. The monoisotopic (exact) mass is 365 g/mol. The van der Waals surface area contributed by atoms with Crippen LogP contribution in [0.15, 0.2) is 64.6 Å². The van der Waals surface area contributed by atoms with E-state index in [-0.39, 0.29) is 11.7 Å². The van der Waals surface area contributed by atoms with Gasteiger partial charge in [0.25, 0.3) is 0 Å². The van der Waals surface area contributed by atoms with E-state index in [0.717, 1.165) is 32.8 Å². The first-order valence-electron chi connectivity index (χ1n) is 8.11. The molecule has 0 spiro atoms. The van der Waals surface area contributed by atoms with Crippen molar-refractivity contribution in [2.45, 2.75) is 11.8 Å². The maximum absolute atomic E-state index is 12.1. The Balaban J connectivity index is 1.67. The molecule has 1 amide bonds. The summed E-state index contributed by atoms with van der Waals surface area (Å²) in [4.78, 5) is 17.6. The van der Waals surface area contributed by atoms with Gasteiger partial charge >= 0.3 is 0 Å². The summed E-state index contributed by atoms with van der Waals surface area (Å²) >= 11 is 1.46. The molecule has 6 heteroatoms. The molecule has 1 aromatic heterocycles. The molecule has 26 heavy (non-hydrogen) atoms. The van der Waals surface area contributed by atoms with E-state index in [1.807, 2.05) is 61.5 Å². The molecule has 0 aliphatic heterocycles. The Morgan fingerprint density at radius 1 is 1.23 bits per heavy atom. The van der Waals surface area contributed by atoms with Crippen molar-refractivity contribution < 1.29 is 9.53 Å². The van der Waals surface area contributed by atoms with Crippen molar-refractivity contribution in [3.63, 3.8) is 0 Å². The summed E-state index contributed by atoms with van der Waals surface area (Å²) in [6.45, 7) is 1.93. The molecule has 0 saturated carbocycles. The third-order valence-corrected chi connectivity index (χ3v) is 4.73. The van der Waals surface area contributed by atoms with Crippen LogP contribution in [0.5, 0.6) is 5.75 Å². The van der Waals surface area contributed by atoms with Gasteiger partial charge < -0.3 is 4.74 Å². The maximum atomic E-state index is 12.1. The first-order valence-corrected chi connectivity index (χ1v) is 9.10. The van der Waals surface area contributed by atoms with Crippen LogP contribution in [0, 0.1) is 6.92 Å². The van der Waals surface area contributed by atoms with E-state index < -0.39 is 0 Å². The minimum absolute atomic E-state index is 0.160. The normalized spacial score (nSPS) is 11.0. The number of thioether (sulfide) groups is 1. The molecule has 2 aromatic carbocycles. The molecule has 1 N–H and O–H groups in total. The number of ether oxygens (including phenoxy) is 1. The number of aryl methyl sites for hydroxylation is 1. The largest absolute Gasteiger partial charge is 0.494 e. The highest BCUT2D eigenvalue weighted by Crippen LogP contribution is 2.32. The Kier molecular flexibility index (Phi) is 5.86. The van der Waals surface area contributed by atoms with Crippen LogP contribution in [-0.2, 0) is 4.79 Å². The zero-order valence-electron chi connectivity index (χ0n) is 14.6. The molecule has 1 heterocycles. The van der Waals surface area contributed by atoms with Crippen molar-refractivity contribution in [1.29, 1.82) is 0 Å². The van der Waals surface area contributed by atoms with Gasteiger partial charge in [-0.25, -0.2) is 10.4 Å². The predicted octanol–water partition coefficient (Wildman–Crippen LogP) is 3.79. The Morgan fingerprint density at radius 2 is 2.04 bits per heavy atom. The highest BCUT2D eigenvalue weighted by molar-refractivity contribution is 8.00. The van der Waals surface area contributed by atoms with Crippen molar-refractivity contribution in [3.8, 4) is 5.75 Å². The summed E-state index contributed by atoms with van der Waals surface area (Å²) in [5, 5.41) is 4.96. The summed E-state index contributed by atoms with van der Waals surface area (Å²) in [5.74, 6) is 0.833. The lowest BCUT2D eigenvalue weighted by molar-refractivity contribution is -0.118. The van der Waals surface area contributed by atoms with Crippen molar-refractivity contribution in [2.24, 2.45) is 5.10 Å². The molecule has 0 fully saturated rings. The Bertz CT molecular complexity index is 942. The highest BCUT2D eigenvalue weighted by Gasteiger charge is 2.10. The van der Waals surface area contributed by atoms with Crippen LogP contribution in [-0.4, -0.2) is 30.0 Å². The van der Waals surface area contributed by atoms with E-state index in [1.54, 1.807) is 13.3 Å². The van der Waals surface area contributed by atoms with Gasteiger partial charge in [0, 0.05) is 16.0 Å². The second kappa shape index (κ2) is 8.49. The number of hydrogen-bond acceptors (Lipinski definition) is 5. The lowest BCUT2D eigenvalue weighted by atomic mass is 10.2. The molecule has 3 rings (SSSR count). The van der Waals surface area contributed by atoms with Crippen LogP contribution in [0.4, 0.5) is 0 Å². The Labute approximate surface area is 156 Å². The molecule has 0 aliphatic rings. The first kappa shape index (κ1) is 17.9. The summed E-state index contributed by atoms with van der Waals surface area (Å²) in [6, 6.07) is 17.4. The van der Waals surface area contributed by atoms with Gasteiger partial charge in [0.1, 0.15) is 11.3 Å². The summed E-state index contributed by atoms with van der Waals surface area (Å²) < 4.78 is 5.39. The molecule has 0 aliphatic carbocycles.